The lowest BCUT2D eigenvalue weighted by Crippen LogP contribution is -3.06. The van der Waals surface area contributed by atoms with Crippen LogP contribution in [0.2, 0.25) is 0 Å². The number of aryl methyl sites for hydroxylation is 4. The molecular formula is C27H41ClN2. The van der Waals surface area contributed by atoms with Gasteiger partial charge in [0.15, 0.2) is 6.67 Å². The maximum absolute atomic E-state index is 2.70. The second kappa shape index (κ2) is 12.4. The average molecular weight is 429 g/mol. The number of para-hydroxylation sites is 2. The summed E-state index contributed by atoms with van der Waals surface area (Å²) in [5.41, 5.74) is 9.42. The van der Waals surface area contributed by atoms with Crippen LogP contribution in [-0.4, -0.2) is 19.8 Å². The molecule has 0 radical (unpaired) electrons. The highest BCUT2D eigenvalue weighted by Gasteiger charge is 2.31. The summed E-state index contributed by atoms with van der Waals surface area (Å²) in [5.74, 6) is 0. The Labute approximate surface area is 191 Å². The Morgan fingerprint density at radius 2 is 1.13 bits per heavy atom. The smallest absolute Gasteiger partial charge is 0.157 e. The Bertz CT molecular complexity index is 672. The largest absolute Gasteiger partial charge is 1.00 e. The Hall–Kier alpha value is -1.51. The van der Waals surface area contributed by atoms with Crippen LogP contribution >= 0.6 is 0 Å². The molecule has 0 aliphatic carbocycles. The molecular weight excluding hydrogens is 388 g/mol. The molecule has 1 N–H and O–H groups in total. The Kier molecular flexibility index (Phi) is 10.2. The summed E-state index contributed by atoms with van der Waals surface area (Å²) < 4.78 is 0. The van der Waals surface area contributed by atoms with E-state index in [4.69, 9.17) is 0 Å². The Morgan fingerprint density at radius 1 is 0.700 bits per heavy atom. The number of rotatable bonds is 10. The molecule has 0 amide bonds. The van der Waals surface area contributed by atoms with E-state index in [9.17, 15) is 0 Å². The van der Waals surface area contributed by atoms with Crippen LogP contribution in [0.15, 0.2) is 36.4 Å². The minimum Gasteiger partial charge on any atom is -1.00 e. The average Bonchev–Trinajstić information content (AvgIpc) is 3.19. The van der Waals surface area contributed by atoms with E-state index in [1.54, 1.807) is 38.5 Å². The maximum Gasteiger partial charge on any atom is 0.157 e. The van der Waals surface area contributed by atoms with Crippen LogP contribution in [-0.2, 0) is 25.7 Å². The second-order valence-corrected chi connectivity index (χ2v) is 8.65. The van der Waals surface area contributed by atoms with E-state index in [1.807, 2.05) is 0 Å². The first-order chi connectivity index (χ1) is 14.2. The van der Waals surface area contributed by atoms with Gasteiger partial charge in [-0.3, -0.25) is 4.90 Å². The van der Waals surface area contributed by atoms with Crippen LogP contribution in [0.3, 0.4) is 0 Å². The summed E-state index contributed by atoms with van der Waals surface area (Å²) in [5, 5.41) is 0. The minimum atomic E-state index is 0. The number of hydrogen-bond acceptors (Lipinski definition) is 1. The van der Waals surface area contributed by atoms with Crippen molar-refractivity contribution in [1.82, 2.24) is 0 Å². The van der Waals surface area contributed by atoms with Gasteiger partial charge in [0.1, 0.15) is 12.2 Å². The molecule has 0 aromatic heterocycles. The van der Waals surface area contributed by atoms with E-state index in [0.29, 0.717) is 0 Å². The zero-order valence-corrected chi connectivity index (χ0v) is 20.3. The fraction of sp³-hybridized carbons (Fsp3) is 0.556. The fourth-order valence-corrected chi connectivity index (χ4v) is 5.11. The van der Waals surface area contributed by atoms with Gasteiger partial charge >= 0.3 is 0 Å². The summed E-state index contributed by atoms with van der Waals surface area (Å²) in [6.07, 6.45) is 9.64. The van der Waals surface area contributed by atoms with Gasteiger partial charge in [0.25, 0.3) is 0 Å². The van der Waals surface area contributed by atoms with Gasteiger partial charge < -0.3 is 17.3 Å². The van der Waals surface area contributed by atoms with E-state index in [0.717, 1.165) is 6.67 Å². The van der Waals surface area contributed by atoms with Crippen molar-refractivity contribution < 1.29 is 17.3 Å². The zero-order chi connectivity index (χ0) is 20.6. The summed E-state index contributed by atoms with van der Waals surface area (Å²) in [6.45, 7) is 12.7. The first-order valence-corrected chi connectivity index (χ1v) is 12.0. The standard InChI is InChI=1S/C27H40N2.ClH/c1-5-11-22-15-9-16-23(12-6-2)26(22)28-19-20-29(21-28)27-24(13-7-3)17-10-18-25(27)14-8-4;/h9-10,15-18H,5-8,11-14,19-21H2,1-4H3;1H. The molecule has 3 rings (SSSR count). The summed E-state index contributed by atoms with van der Waals surface area (Å²) in [6, 6.07) is 14.0. The van der Waals surface area contributed by atoms with Crippen LogP contribution in [0.4, 0.5) is 11.4 Å². The van der Waals surface area contributed by atoms with Gasteiger partial charge in [-0.05, 0) is 36.8 Å². The normalized spacial score (nSPS) is 16.0. The van der Waals surface area contributed by atoms with E-state index in [-0.39, 0.29) is 12.4 Å². The Morgan fingerprint density at radius 3 is 1.60 bits per heavy atom. The quantitative estimate of drug-likeness (QED) is 0.611. The molecule has 1 saturated heterocycles. The lowest BCUT2D eigenvalue weighted by Gasteiger charge is -2.25. The number of hydrogen-bond donors (Lipinski definition) is 1. The molecule has 166 valence electrons. The van der Waals surface area contributed by atoms with E-state index in [2.05, 4.69) is 69.0 Å². The summed E-state index contributed by atoms with van der Waals surface area (Å²) in [7, 11) is 0. The fourth-order valence-electron chi connectivity index (χ4n) is 5.11. The highest BCUT2D eigenvalue weighted by Crippen LogP contribution is 2.29. The molecule has 1 heterocycles. The number of halogens is 1. The molecule has 0 bridgehead atoms. The van der Waals surface area contributed by atoms with Gasteiger partial charge in [-0.25, -0.2) is 0 Å². The van der Waals surface area contributed by atoms with Crippen LogP contribution in [0.1, 0.15) is 75.6 Å². The van der Waals surface area contributed by atoms with E-state index < -0.39 is 0 Å². The lowest BCUT2D eigenvalue weighted by atomic mass is 9.99. The molecule has 2 aromatic carbocycles. The topological polar surface area (TPSA) is 7.68 Å². The highest BCUT2D eigenvalue weighted by atomic mass is 35.5. The molecule has 30 heavy (non-hydrogen) atoms. The predicted molar refractivity (Wildman–Crippen MR) is 127 cm³/mol. The SMILES string of the molecule is CCCc1cccc(CCC)c1N1CC[NH+](c2c(CCC)cccc2CCC)C1.[Cl-]. The molecule has 3 heteroatoms. The number of nitrogens with zero attached hydrogens (tertiary/aromatic N) is 1. The summed E-state index contributed by atoms with van der Waals surface area (Å²) >= 11 is 0. The predicted octanol–water partition coefficient (Wildman–Crippen LogP) is 2.49. The van der Waals surface area contributed by atoms with Crippen molar-refractivity contribution in [3.63, 3.8) is 0 Å². The second-order valence-electron chi connectivity index (χ2n) is 8.65. The molecule has 2 aromatic rings. The molecule has 1 aliphatic heterocycles. The van der Waals surface area contributed by atoms with Gasteiger partial charge in [-0.1, -0.05) is 89.8 Å². The van der Waals surface area contributed by atoms with Crippen molar-refractivity contribution in [1.29, 1.82) is 0 Å². The van der Waals surface area contributed by atoms with Crippen molar-refractivity contribution in [2.75, 3.05) is 24.7 Å². The van der Waals surface area contributed by atoms with Crippen LogP contribution in [0.25, 0.3) is 0 Å². The first-order valence-electron chi connectivity index (χ1n) is 12.0. The third-order valence-corrected chi connectivity index (χ3v) is 6.25. The van der Waals surface area contributed by atoms with Crippen molar-refractivity contribution >= 4 is 11.4 Å². The van der Waals surface area contributed by atoms with Crippen LogP contribution < -0.4 is 22.2 Å². The lowest BCUT2D eigenvalue weighted by molar-refractivity contribution is -0.817. The van der Waals surface area contributed by atoms with Crippen molar-refractivity contribution in [3.05, 3.63) is 58.7 Å². The molecule has 0 saturated carbocycles. The molecule has 1 aliphatic rings. The molecule has 1 atom stereocenters. The van der Waals surface area contributed by atoms with Gasteiger partial charge in [-0.2, -0.15) is 0 Å². The van der Waals surface area contributed by atoms with Gasteiger partial charge in [0.2, 0.25) is 0 Å². The van der Waals surface area contributed by atoms with Crippen molar-refractivity contribution in [2.24, 2.45) is 0 Å². The number of benzene rings is 2. The number of anilines is 1. The van der Waals surface area contributed by atoms with Crippen molar-refractivity contribution in [2.45, 2.75) is 79.1 Å². The van der Waals surface area contributed by atoms with Crippen LogP contribution in [0, 0.1) is 0 Å². The maximum atomic E-state index is 2.70. The van der Waals surface area contributed by atoms with Crippen LogP contribution in [0.5, 0.6) is 0 Å². The number of nitrogens with one attached hydrogen (secondary N) is 1. The third-order valence-electron chi connectivity index (χ3n) is 6.25. The highest BCUT2D eigenvalue weighted by molar-refractivity contribution is 5.60. The molecule has 1 unspecified atom stereocenters. The van der Waals surface area contributed by atoms with Gasteiger partial charge in [0, 0.05) is 16.8 Å². The van der Waals surface area contributed by atoms with Crippen molar-refractivity contribution in [3.8, 4) is 0 Å². The van der Waals surface area contributed by atoms with Gasteiger partial charge in [0.05, 0.1) is 6.54 Å². The number of quaternary nitrogens is 1. The minimum absolute atomic E-state index is 0. The monoisotopic (exact) mass is 428 g/mol. The van der Waals surface area contributed by atoms with E-state index >= 15 is 0 Å². The zero-order valence-electron chi connectivity index (χ0n) is 19.6. The molecule has 0 spiro atoms. The molecule has 1 fully saturated rings. The molecule has 2 nitrogen and oxygen atoms in total. The first kappa shape index (κ1) is 24.8. The van der Waals surface area contributed by atoms with E-state index in [1.165, 1.54) is 64.5 Å². The van der Waals surface area contributed by atoms with Gasteiger partial charge in [-0.15, -0.1) is 0 Å². The summed E-state index contributed by atoms with van der Waals surface area (Å²) in [4.78, 5) is 4.37. The third kappa shape index (κ3) is 5.59. The Balaban J connectivity index is 0.00000320.